The second-order valence-corrected chi connectivity index (χ2v) is 5.96. The molecule has 0 saturated heterocycles. The smallest absolute Gasteiger partial charge is 0.147 e. The third-order valence-electron chi connectivity index (χ3n) is 4.57. The van der Waals surface area contributed by atoms with Crippen LogP contribution in [0.4, 0.5) is 8.78 Å². The molecule has 2 rings (SSSR count). The van der Waals surface area contributed by atoms with Crippen LogP contribution in [0.15, 0.2) is 24.8 Å². The van der Waals surface area contributed by atoms with Gasteiger partial charge >= 0.3 is 0 Å². The molecule has 3 heteroatoms. The highest BCUT2D eigenvalue weighted by Crippen LogP contribution is 2.33. The first kappa shape index (κ1) is 15.7. The molecule has 0 heterocycles. The lowest BCUT2D eigenvalue weighted by Crippen LogP contribution is -2.15. The Kier molecular flexibility index (Phi) is 5.50. The minimum Gasteiger partial charge on any atom is -0.205 e. The molecule has 0 atom stereocenters. The van der Waals surface area contributed by atoms with Crippen molar-refractivity contribution in [3.8, 4) is 6.07 Å². The highest BCUT2D eigenvalue weighted by atomic mass is 19.1. The molecular weight excluding hydrogens is 268 g/mol. The Morgan fingerprint density at radius 1 is 1.19 bits per heavy atom. The Morgan fingerprint density at radius 3 is 2.48 bits per heavy atom. The molecule has 0 spiro atoms. The summed E-state index contributed by atoms with van der Waals surface area (Å²) in [5.41, 5.74) is 0.00311. The summed E-state index contributed by atoms with van der Waals surface area (Å²) in [6, 6.07) is 4.26. The summed E-state index contributed by atoms with van der Waals surface area (Å²) in [6.07, 6.45) is 9.34. The molecule has 1 aromatic carbocycles. The van der Waals surface area contributed by atoms with E-state index in [0.717, 1.165) is 18.8 Å². The molecule has 112 valence electrons. The van der Waals surface area contributed by atoms with E-state index in [-0.39, 0.29) is 0 Å². The summed E-state index contributed by atoms with van der Waals surface area (Å²) in [4.78, 5) is 0. The number of nitriles is 1. The first-order chi connectivity index (χ1) is 10.2. The zero-order valence-corrected chi connectivity index (χ0v) is 12.2. The number of hydrogen-bond donors (Lipinski definition) is 0. The fourth-order valence-corrected chi connectivity index (χ4v) is 3.24. The Labute approximate surface area is 125 Å². The maximum absolute atomic E-state index is 14.0. The molecule has 1 aliphatic carbocycles. The van der Waals surface area contributed by atoms with Crippen molar-refractivity contribution < 1.29 is 8.78 Å². The van der Waals surface area contributed by atoms with Crippen molar-refractivity contribution in [1.82, 2.24) is 0 Å². The van der Waals surface area contributed by atoms with Gasteiger partial charge in [-0.05, 0) is 55.6 Å². The van der Waals surface area contributed by atoms with Gasteiger partial charge in [-0.15, -0.1) is 6.58 Å². The molecule has 1 saturated carbocycles. The second-order valence-electron chi connectivity index (χ2n) is 5.96. The van der Waals surface area contributed by atoms with E-state index in [1.165, 1.54) is 37.8 Å². The van der Waals surface area contributed by atoms with Gasteiger partial charge in [0, 0.05) is 0 Å². The van der Waals surface area contributed by atoms with Crippen LogP contribution in [0.2, 0.25) is 0 Å². The molecule has 0 bridgehead atoms. The predicted octanol–water partition coefficient (Wildman–Crippen LogP) is 5.15. The largest absolute Gasteiger partial charge is 0.205 e. The maximum Gasteiger partial charge on any atom is 0.147 e. The third kappa shape index (κ3) is 3.91. The van der Waals surface area contributed by atoms with Crippen LogP contribution >= 0.6 is 0 Å². The van der Waals surface area contributed by atoms with Crippen LogP contribution in [0.1, 0.15) is 49.7 Å². The Morgan fingerprint density at radius 2 is 1.86 bits per heavy atom. The first-order valence-electron chi connectivity index (χ1n) is 7.63. The average Bonchev–Trinajstić information content (AvgIpc) is 2.49. The van der Waals surface area contributed by atoms with Gasteiger partial charge in [0.1, 0.15) is 23.3 Å². The highest BCUT2D eigenvalue weighted by Gasteiger charge is 2.21. The fourth-order valence-electron chi connectivity index (χ4n) is 3.24. The minimum atomic E-state index is -0.774. The van der Waals surface area contributed by atoms with Crippen LogP contribution in [0.3, 0.4) is 0 Å². The molecule has 0 amide bonds. The molecule has 1 aliphatic rings. The van der Waals surface area contributed by atoms with Crippen molar-refractivity contribution >= 4 is 0 Å². The summed E-state index contributed by atoms with van der Waals surface area (Å²) in [5.74, 6) is -0.0888. The predicted molar refractivity (Wildman–Crippen MR) is 79.7 cm³/mol. The lowest BCUT2D eigenvalue weighted by Gasteiger charge is -2.27. The van der Waals surface area contributed by atoms with Gasteiger partial charge < -0.3 is 0 Å². The topological polar surface area (TPSA) is 23.8 Å². The number of nitrogens with zero attached hydrogens (tertiary/aromatic N) is 1. The van der Waals surface area contributed by atoms with Crippen molar-refractivity contribution in [3.05, 3.63) is 47.5 Å². The Bertz CT molecular complexity index is 537. The van der Waals surface area contributed by atoms with Crippen LogP contribution < -0.4 is 0 Å². The Hall–Kier alpha value is -1.69. The van der Waals surface area contributed by atoms with Crippen molar-refractivity contribution in [2.45, 2.75) is 44.9 Å². The van der Waals surface area contributed by atoms with Crippen LogP contribution in [-0.2, 0) is 6.42 Å². The monoisotopic (exact) mass is 289 g/mol. The molecule has 0 radical (unpaired) electrons. The number of halogens is 2. The quantitative estimate of drug-likeness (QED) is 0.687. The summed E-state index contributed by atoms with van der Waals surface area (Å²) in [6.45, 7) is 3.78. The van der Waals surface area contributed by atoms with E-state index < -0.39 is 17.2 Å². The molecule has 0 unspecified atom stereocenters. The van der Waals surface area contributed by atoms with Crippen molar-refractivity contribution in [2.24, 2.45) is 11.8 Å². The van der Waals surface area contributed by atoms with E-state index in [1.807, 2.05) is 6.08 Å². The lowest BCUT2D eigenvalue weighted by atomic mass is 9.78. The van der Waals surface area contributed by atoms with Crippen LogP contribution in [0.5, 0.6) is 0 Å². The number of hydrogen-bond acceptors (Lipinski definition) is 1. The van der Waals surface area contributed by atoms with Crippen molar-refractivity contribution in [1.29, 1.82) is 5.26 Å². The van der Waals surface area contributed by atoms with Crippen LogP contribution in [-0.4, -0.2) is 0 Å². The van der Waals surface area contributed by atoms with Gasteiger partial charge in [-0.3, -0.25) is 0 Å². The van der Waals surface area contributed by atoms with Crippen molar-refractivity contribution in [2.75, 3.05) is 0 Å². The highest BCUT2D eigenvalue weighted by molar-refractivity contribution is 5.36. The molecule has 0 aliphatic heterocycles. The molecule has 21 heavy (non-hydrogen) atoms. The van der Waals surface area contributed by atoms with Crippen LogP contribution in [0.25, 0.3) is 0 Å². The zero-order chi connectivity index (χ0) is 15.2. The first-order valence-corrected chi connectivity index (χ1v) is 7.63. The molecule has 1 fully saturated rings. The van der Waals surface area contributed by atoms with E-state index in [0.29, 0.717) is 17.9 Å². The number of allylic oxidation sites excluding steroid dienone is 1. The molecule has 1 aromatic rings. The summed E-state index contributed by atoms with van der Waals surface area (Å²) in [7, 11) is 0. The van der Waals surface area contributed by atoms with Gasteiger partial charge in [-0.25, -0.2) is 8.78 Å². The van der Waals surface area contributed by atoms with Gasteiger partial charge in [-0.1, -0.05) is 25.0 Å². The van der Waals surface area contributed by atoms with E-state index in [9.17, 15) is 8.78 Å². The standard InChI is InChI=1S/C18H21F2N/c1-2-3-13-4-6-14(7-5-13)8-9-15-10-11-17(19)16(12-21)18(15)20/h2,10-11,13-14H,1,3-9H2. The zero-order valence-electron chi connectivity index (χ0n) is 12.2. The maximum atomic E-state index is 14.0. The van der Waals surface area contributed by atoms with Gasteiger partial charge in [0.15, 0.2) is 0 Å². The normalized spacial score (nSPS) is 21.8. The lowest BCUT2D eigenvalue weighted by molar-refractivity contribution is 0.264. The van der Waals surface area contributed by atoms with Gasteiger partial charge in [-0.2, -0.15) is 5.26 Å². The van der Waals surface area contributed by atoms with E-state index in [1.54, 1.807) is 6.07 Å². The van der Waals surface area contributed by atoms with Crippen LogP contribution in [0, 0.1) is 34.8 Å². The molecule has 0 aromatic heterocycles. The minimum absolute atomic E-state index is 0.456. The Balaban J connectivity index is 1.90. The van der Waals surface area contributed by atoms with E-state index in [4.69, 9.17) is 5.26 Å². The summed E-state index contributed by atoms with van der Waals surface area (Å²) >= 11 is 0. The number of aryl methyl sites for hydroxylation is 1. The van der Waals surface area contributed by atoms with Gasteiger partial charge in [0.05, 0.1) is 0 Å². The van der Waals surface area contributed by atoms with E-state index in [2.05, 4.69) is 6.58 Å². The van der Waals surface area contributed by atoms with Gasteiger partial charge in [0.25, 0.3) is 0 Å². The molecule has 0 N–H and O–H groups in total. The molecular formula is C18H21F2N. The number of rotatable bonds is 5. The summed E-state index contributed by atoms with van der Waals surface area (Å²) in [5, 5.41) is 8.78. The summed E-state index contributed by atoms with van der Waals surface area (Å²) < 4.78 is 27.2. The molecule has 1 nitrogen and oxygen atoms in total. The number of benzene rings is 1. The van der Waals surface area contributed by atoms with E-state index >= 15 is 0 Å². The second kappa shape index (κ2) is 7.36. The average molecular weight is 289 g/mol. The van der Waals surface area contributed by atoms with Crippen molar-refractivity contribution in [3.63, 3.8) is 0 Å². The van der Waals surface area contributed by atoms with Gasteiger partial charge in [0.2, 0.25) is 0 Å². The fraction of sp³-hybridized carbons (Fsp3) is 0.500. The SMILES string of the molecule is C=CCC1CCC(CCc2ccc(F)c(C#N)c2F)CC1. The third-order valence-corrected chi connectivity index (χ3v) is 4.57.